The van der Waals surface area contributed by atoms with Gasteiger partial charge in [0.15, 0.2) is 0 Å². The minimum Gasteiger partial charge on any atom is -0.383 e. The predicted octanol–water partition coefficient (Wildman–Crippen LogP) is 0.303. The van der Waals surface area contributed by atoms with Gasteiger partial charge in [-0.25, -0.2) is 0 Å². The van der Waals surface area contributed by atoms with Gasteiger partial charge < -0.3 is 15.4 Å². The van der Waals surface area contributed by atoms with Crippen LogP contribution in [0.3, 0.4) is 0 Å². The number of carbonyl (C=O) groups excluding carboxylic acids is 1. The predicted molar refractivity (Wildman–Crippen MR) is 57.2 cm³/mol. The van der Waals surface area contributed by atoms with Crippen molar-refractivity contribution in [1.82, 2.24) is 10.6 Å². The first-order valence-electron chi connectivity index (χ1n) is 4.80. The highest BCUT2D eigenvalue weighted by molar-refractivity contribution is 5.77. The van der Waals surface area contributed by atoms with Crippen molar-refractivity contribution < 1.29 is 9.53 Å². The summed E-state index contributed by atoms with van der Waals surface area (Å²) in [5.41, 5.74) is 0. The fourth-order valence-corrected chi connectivity index (χ4v) is 0.955. The summed E-state index contributed by atoms with van der Waals surface area (Å²) in [5.74, 6) is -0.00189. The second kappa shape index (κ2) is 8.72. The third-order valence-corrected chi connectivity index (χ3v) is 1.76. The van der Waals surface area contributed by atoms with Crippen molar-refractivity contribution in [3.63, 3.8) is 0 Å². The summed E-state index contributed by atoms with van der Waals surface area (Å²) in [5, 5.41) is 5.81. The quantitative estimate of drug-likeness (QED) is 0.438. The highest BCUT2D eigenvalue weighted by atomic mass is 16.5. The molecule has 0 aliphatic rings. The van der Waals surface area contributed by atoms with Crippen molar-refractivity contribution in [2.75, 3.05) is 26.8 Å². The molecule has 0 spiro atoms. The van der Waals surface area contributed by atoms with Crippen LogP contribution in [0.4, 0.5) is 0 Å². The normalized spacial score (nSPS) is 12.1. The van der Waals surface area contributed by atoms with E-state index in [1.165, 1.54) is 0 Å². The Bertz CT molecular complexity index is 172. The summed E-state index contributed by atoms with van der Waals surface area (Å²) >= 11 is 0. The molecule has 4 heteroatoms. The molecule has 0 aromatic rings. The lowest BCUT2D eigenvalue weighted by molar-refractivity contribution is -0.120. The van der Waals surface area contributed by atoms with E-state index in [0.29, 0.717) is 25.7 Å². The number of ether oxygens (including phenoxy) is 1. The zero-order valence-corrected chi connectivity index (χ0v) is 9.01. The second-order valence-electron chi connectivity index (χ2n) is 3.15. The molecule has 0 heterocycles. The molecule has 1 unspecified atom stereocenters. The van der Waals surface area contributed by atoms with Crippen LogP contribution < -0.4 is 10.6 Å². The topological polar surface area (TPSA) is 50.4 Å². The third-order valence-electron chi connectivity index (χ3n) is 1.76. The maximum atomic E-state index is 11.2. The van der Waals surface area contributed by atoms with Gasteiger partial charge >= 0.3 is 0 Å². The van der Waals surface area contributed by atoms with Crippen LogP contribution in [0.15, 0.2) is 12.7 Å². The van der Waals surface area contributed by atoms with Gasteiger partial charge in [0.2, 0.25) is 5.91 Å². The van der Waals surface area contributed by atoms with E-state index in [9.17, 15) is 4.79 Å². The van der Waals surface area contributed by atoms with E-state index < -0.39 is 0 Å². The molecule has 4 nitrogen and oxygen atoms in total. The summed E-state index contributed by atoms with van der Waals surface area (Å²) in [6.07, 6.45) is 2.70. The van der Waals surface area contributed by atoms with Gasteiger partial charge in [0.1, 0.15) is 0 Å². The molecule has 0 saturated carbocycles. The molecule has 2 N–H and O–H groups in total. The molecule has 0 aromatic heterocycles. The van der Waals surface area contributed by atoms with E-state index in [1.807, 2.05) is 13.0 Å². The van der Waals surface area contributed by atoms with E-state index in [2.05, 4.69) is 17.2 Å². The standard InChI is InChI=1S/C10H20N2O2/c1-4-5-9(2)12-8-10(13)11-6-7-14-3/h4,9,12H,1,5-8H2,2-3H3,(H,11,13). The molecule has 0 aliphatic heterocycles. The summed E-state index contributed by atoms with van der Waals surface area (Å²) in [6.45, 7) is 7.11. The van der Waals surface area contributed by atoms with Gasteiger partial charge in [0.25, 0.3) is 0 Å². The fourth-order valence-electron chi connectivity index (χ4n) is 0.955. The molecule has 82 valence electrons. The van der Waals surface area contributed by atoms with E-state index in [1.54, 1.807) is 7.11 Å². The number of carbonyl (C=O) groups is 1. The number of methoxy groups -OCH3 is 1. The van der Waals surface area contributed by atoms with Crippen molar-refractivity contribution >= 4 is 5.91 Å². The van der Waals surface area contributed by atoms with Gasteiger partial charge in [-0.1, -0.05) is 6.08 Å². The van der Waals surface area contributed by atoms with Crippen molar-refractivity contribution in [3.8, 4) is 0 Å². The number of amides is 1. The lowest BCUT2D eigenvalue weighted by atomic mass is 10.2. The monoisotopic (exact) mass is 200 g/mol. The van der Waals surface area contributed by atoms with Crippen LogP contribution in [0.25, 0.3) is 0 Å². The Morgan fingerprint density at radius 3 is 2.93 bits per heavy atom. The minimum atomic E-state index is -0.00189. The zero-order chi connectivity index (χ0) is 10.8. The summed E-state index contributed by atoms with van der Waals surface area (Å²) in [7, 11) is 1.61. The first kappa shape index (κ1) is 13.1. The summed E-state index contributed by atoms with van der Waals surface area (Å²) < 4.78 is 4.81. The molecule has 0 aromatic carbocycles. The fraction of sp³-hybridized carbons (Fsp3) is 0.700. The molecule has 0 aliphatic carbocycles. The number of hydrogen-bond acceptors (Lipinski definition) is 3. The smallest absolute Gasteiger partial charge is 0.234 e. The Labute approximate surface area is 85.7 Å². The van der Waals surface area contributed by atoms with Crippen LogP contribution in [-0.2, 0) is 9.53 Å². The maximum Gasteiger partial charge on any atom is 0.234 e. The highest BCUT2D eigenvalue weighted by Crippen LogP contribution is 1.88. The van der Waals surface area contributed by atoms with E-state index in [4.69, 9.17) is 4.74 Å². The van der Waals surface area contributed by atoms with Crippen molar-refractivity contribution in [2.45, 2.75) is 19.4 Å². The van der Waals surface area contributed by atoms with Gasteiger partial charge in [-0.05, 0) is 13.3 Å². The lowest BCUT2D eigenvalue weighted by Gasteiger charge is -2.11. The molecule has 14 heavy (non-hydrogen) atoms. The zero-order valence-electron chi connectivity index (χ0n) is 9.01. The molecule has 0 fully saturated rings. The number of hydrogen-bond donors (Lipinski definition) is 2. The molecular weight excluding hydrogens is 180 g/mol. The van der Waals surface area contributed by atoms with E-state index >= 15 is 0 Å². The second-order valence-corrected chi connectivity index (χ2v) is 3.15. The van der Waals surface area contributed by atoms with Gasteiger partial charge in [-0.15, -0.1) is 6.58 Å². The van der Waals surface area contributed by atoms with E-state index in [-0.39, 0.29) is 5.91 Å². The molecule has 1 amide bonds. The lowest BCUT2D eigenvalue weighted by Crippen LogP contribution is -2.38. The van der Waals surface area contributed by atoms with Gasteiger partial charge in [0, 0.05) is 19.7 Å². The molecule has 0 rings (SSSR count). The van der Waals surface area contributed by atoms with Crippen molar-refractivity contribution in [3.05, 3.63) is 12.7 Å². The molecule has 0 saturated heterocycles. The van der Waals surface area contributed by atoms with Crippen LogP contribution in [0.1, 0.15) is 13.3 Å². The van der Waals surface area contributed by atoms with Gasteiger partial charge in [-0.3, -0.25) is 4.79 Å². The van der Waals surface area contributed by atoms with Crippen molar-refractivity contribution in [2.24, 2.45) is 0 Å². The van der Waals surface area contributed by atoms with E-state index in [0.717, 1.165) is 6.42 Å². The average Bonchev–Trinajstić information content (AvgIpc) is 2.16. The molecular formula is C10H20N2O2. The molecule has 0 bridgehead atoms. The highest BCUT2D eigenvalue weighted by Gasteiger charge is 2.02. The Kier molecular flexibility index (Phi) is 8.17. The van der Waals surface area contributed by atoms with Crippen molar-refractivity contribution in [1.29, 1.82) is 0 Å². The van der Waals surface area contributed by atoms with Crippen LogP contribution in [-0.4, -0.2) is 38.8 Å². The van der Waals surface area contributed by atoms with Gasteiger partial charge in [0.05, 0.1) is 13.2 Å². The Morgan fingerprint density at radius 2 is 2.36 bits per heavy atom. The Morgan fingerprint density at radius 1 is 1.64 bits per heavy atom. The Hall–Kier alpha value is -0.870. The maximum absolute atomic E-state index is 11.2. The van der Waals surface area contributed by atoms with Gasteiger partial charge in [-0.2, -0.15) is 0 Å². The number of rotatable bonds is 8. The number of nitrogens with one attached hydrogen (secondary N) is 2. The first-order chi connectivity index (χ1) is 6.70. The van der Waals surface area contributed by atoms with Crippen LogP contribution in [0.2, 0.25) is 0 Å². The molecule has 1 atom stereocenters. The Balaban J connectivity index is 3.38. The third kappa shape index (κ3) is 7.76. The van der Waals surface area contributed by atoms with Crippen LogP contribution >= 0.6 is 0 Å². The minimum absolute atomic E-state index is 0.00189. The van der Waals surface area contributed by atoms with Crippen LogP contribution in [0, 0.1) is 0 Å². The summed E-state index contributed by atoms with van der Waals surface area (Å²) in [4.78, 5) is 11.2. The molecule has 0 radical (unpaired) electrons. The SMILES string of the molecule is C=CCC(C)NCC(=O)NCCOC. The average molecular weight is 200 g/mol. The first-order valence-corrected chi connectivity index (χ1v) is 4.80. The van der Waals surface area contributed by atoms with Crippen LogP contribution in [0.5, 0.6) is 0 Å². The largest absolute Gasteiger partial charge is 0.383 e. The summed E-state index contributed by atoms with van der Waals surface area (Å²) in [6, 6.07) is 0.292.